The van der Waals surface area contributed by atoms with Gasteiger partial charge in [-0.15, -0.1) is 0 Å². The Morgan fingerprint density at radius 2 is 2.24 bits per heavy atom. The van der Waals surface area contributed by atoms with Crippen molar-refractivity contribution in [3.05, 3.63) is 34.9 Å². The van der Waals surface area contributed by atoms with Crippen molar-refractivity contribution < 1.29 is 4.74 Å². The molecule has 5 nitrogen and oxygen atoms in total. The number of hydrogen-bond acceptors (Lipinski definition) is 3. The fourth-order valence-electron chi connectivity index (χ4n) is 1.21. The van der Waals surface area contributed by atoms with E-state index in [1.54, 1.807) is 7.11 Å². The largest absolute Gasteiger partial charge is 0.383 e. The third-order valence-corrected chi connectivity index (χ3v) is 2.47. The van der Waals surface area contributed by atoms with Crippen molar-refractivity contribution in [2.45, 2.75) is 6.54 Å². The monoisotopic (exact) mass is 256 g/mol. The van der Waals surface area contributed by atoms with Gasteiger partial charge in [0.15, 0.2) is 0 Å². The van der Waals surface area contributed by atoms with Crippen molar-refractivity contribution in [1.82, 2.24) is 10.7 Å². The second kappa shape index (κ2) is 7.89. The number of halogens is 1. The molecule has 0 bridgehead atoms. The predicted octanol–water partition coefficient (Wildman–Crippen LogP) is 0.895. The van der Waals surface area contributed by atoms with E-state index in [1.165, 1.54) is 0 Å². The highest BCUT2D eigenvalue weighted by Gasteiger charge is 1.99. The van der Waals surface area contributed by atoms with E-state index in [2.05, 4.69) is 15.7 Å². The molecule has 0 saturated carbocycles. The molecule has 0 heterocycles. The van der Waals surface area contributed by atoms with Crippen molar-refractivity contribution >= 4 is 17.6 Å². The molecule has 0 saturated heterocycles. The van der Waals surface area contributed by atoms with Crippen LogP contribution in [0.4, 0.5) is 0 Å². The Morgan fingerprint density at radius 1 is 1.47 bits per heavy atom. The van der Waals surface area contributed by atoms with Gasteiger partial charge in [0.1, 0.15) is 0 Å². The van der Waals surface area contributed by atoms with E-state index < -0.39 is 0 Å². The standard InChI is InChI=1S/C11H17ClN4O/c1-17-7-6-14-11(16-13)15-8-9-4-2-3-5-10(9)12/h2-5H,6-8,13H2,1H3,(H2,14,15,16). The van der Waals surface area contributed by atoms with Gasteiger partial charge < -0.3 is 10.1 Å². The van der Waals surface area contributed by atoms with Crippen molar-refractivity contribution in [3.8, 4) is 0 Å². The van der Waals surface area contributed by atoms with Gasteiger partial charge in [-0.2, -0.15) is 0 Å². The number of ether oxygens (including phenoxy) is 1. The molecule has 0 amide bonds. The summed E-state index contributed by atoms with van der Waals surface area (Å²) >= 11 is 6.02. The molecule has 0 aliphatic rings. The zero-order chi connectivity index (χ0) is 12.5. The Balaban J connectivity index is 2.52. The molecule has 1 aromatic carbocycles. The lowest BCUT2D eigenvalue weighted by molar-refractivity contribution is 0.203. The van der Waals surface area contributed by atoms with E-state index in [9.17, 15) is 0 Å². The SMILES string of the molecule is COCCNC(=NCc1ccccc1Cl)NN. The molecule has 0 aliphatic carbocycles. The Morgan fingerprint density at radius 3 is 2.88 bits per heavy atom. The normalized spacial score (nSPS) is 11.4. The first kappa shape index (κ1) is 13.8. The van der Waals surface area contributed by atoms with Crippen LogP contribution in [-0.4, -0.2) is 26.2 Å². The van der Waals surface area contributed by atoms with Crippen molar-refractivity contribution in [2.24, 2.45) is 10.8 Å². The Bertz CT molecular complexity index is 370. The third-order valence-electron chi connectivity index (χ3n) is 2.10. The molecule has 0 radical (unpaired) electrons. The second-order valence-electron chi connectivity index (χ2n) is 3.32. The molecular weight excluding hydrogens is 240 g/mol. The zero-order valence-corrected chi connectivity index (χ0v) is 10.5. The molecule has 6 heteroatoms. The van der Waals surface area contributed by atoms with Crippen LogP contribution >= 0.6 is 11.6 Å². The highest BCUT2D eigenvalue weighted by molar-refractivity contribution is 6.31. The molecule has 0 unspecified atom stereocenters. The third kappa shape index (κ3) is 5.04. The molecule has 0 fully saturated rings. The lowest BCUT2D eigenvalue weighted by Gasteiger charge is -2.08. The number of hydrazine groups is 1. The van der Waals surface area contributed by atoms with Crippen LogP contribution in [0.15, 0.2) is 29.3 Å². The lowest BCUT2D eigenvalue weighted by atomic mass is 10.2. The number of nitrogens with two attached hydrogens (primary N) is 1. The summed E-state index contributed by atoms with van der Waals surface area (Å²) < 4.78 is 4.91. The van der Waals surface area contributed by atoms with Crippen molar-refractivity contribution in [3.63, 3.8) is 0 Å². The minimum absolute atomic E-state index is 0.471. The quantitative estimate of drug-likeness (QED) is 0.241. The molecule has 0 aliphatic heterocycles. The highest BCUT2D eigenvalue weighted by Crippen LogP contribution is 2.15. The number of nitrogens with one attached hydrogen (secondary N) is 2. The van der Waals surface area contributed by atoms with Crippen molar-refractivity contribution in [2.75, 3.05) is 20.3 Å². The summed E-state index contributed by atoms with van der Waals surface area (Å²) in [4.78, 5) is 4.27. The molecule has 1 aromatic rings. The van der Waals surface area contributed by atoms with Crippen LogP contribution in [-0.2, 0) is 11.3 Å². The maximum atomic E-state index is 6.02. The van der Waals surface area contributed by atoms with Crippen LogP contribution in [0.3, 0.4) is 0 Å². The Labute approximate surface area is 106 Å². The number of rotatable bonds is 5. The van der Waals surface area contributed by atoms with Crippen molar-refractivity contribution in [1.29, 1.82) is 0 Å². The van der Waals surface area contributed by atoms with Gasteiger partial charge in [0, 0.05) is 18.7 Å². The Hall–Kier alpha value is -1.30. The van der Waals surface area contributed by atoms with Gasteiger partial charge in [0.05, 0.1) is 13.2 Å². The van der Waals surface area contributed by atoms with E-state index >= 15 is 0 Å². The average Bonchev–Trinajstić information content (AvgIpc) is 2.35. The smallest absolute Gasteiger partial charge is 0.206 e. The van der Waals surface area contributed by atoms with Gasteiger partial charge in [-0.3, -0.25) is 5.43 Å². The van der Waals surface area contributed by atoms with Crippen LogP contribution in [0.1, 0.15) is 5.56 Å². The fourth-order valence-corrected chi connectivity index (χ4v) is 1.41. The molecule has 4 N–H and O–H groups in total. The predicted molar refractivity (Wildman–Crippen MR) is 69.8 cm³/mol. The van der Waals surface area contributed by atoms with Gasteiger partial charge in [-0.1, -0.05) is 29.8 Å². The number of methoxy groups -OCH3 is 1. The molecular formula is C11H17ClN4O. The summed E-state index contributed by atoms with van der Waals surface area (Å²) in [6, 6.07) is 7.56. The lowest BCUT2D eigenvalue weighted by Crippen LogP contribution is -2.42. The first-order chi connectivity index (χ1) is 8.27. The average molecular weight is 257 g/mol. The van der Waals surface area contributed by atoms with Gasteiger partial charge >= 0.3 is 0 Å². The summed E-state index contributed by atoms with van der Waals surface area (Å²) in [5, 5.41) is 3.70. The van der Waals surface area contributed by atoms with Crippen LogP contribution in [0.5, 0.6) is 0 Å². The number of aliphatic imine (C=N–C) groups is 1. The molecule has 0 spiro atoms. The molecule has 0 aromatic heterocycles. The summed E-state index contributed by atoms with van der Waals surface area (Å²) in [5.74, 6) is 5.86. The second-order valence-corrected chi connectivity index (χ2v) is 3.73. The van der Waals surface area contributed by atoms with Gasteiger partial charge in [0.25, 0.3) is 0 Å². The number of hydrogen-bond donors (Lipinski definition) is 3. The van der Waals surface area contributed by atoms with Crippen LogP contribution in [0.2, 0.25) is 5.02 Å². The van der Waals surface area contributed by atoms with Crippen LogP contribution < -0.4 is 16.6 Å². The molecule has 1 rings (SSSR count). The minimum Gasteiger partial charge on any atom is -0.383 e. The van der Waals surface area contributed by atoms with E-state index in [0.717, 1.165) is 5.56 Å². The maximum Gasteiger partial charge on any atom is 0.206 e. The topological polar surface area (TPSA) is 71.7 Å². The number of nitrogens with zero attached hydrogens (tertiary/aromatic N) is 1. The first-order valence-corrected chi connectivity index (χ1v) is 5.63. The van der Waals surface area contributed by atoms with E-state index in [-0.39, 0.29) is 0 Å². The Kier molecular flexibility index (Phi) is 6.39. The van der Waals surface area contributed by atoms with E-state index in [4.69, 9.17) is 22.2 Å². The highest BCUT2D eigenvalue weighted by atomic mass is 35.5. The minimum atomic E-state index is 0.471. The van der Waals surface area contributed by atoms with E-state index in [1.807, 2.05) is 24.3 Å². The van der Waals surface area contributed by atoms with Gasteiger partial charge in [-0.25, -0.2) is 10.8 Å². The van der Waals surface area contributed by atoms with Gasteiger partial charge in [0.2, 0.25) is 5.96 Å². The molecule has 0 atom stereocenters. The van der Waals surface area contributed by atoms with Gasteiger partial charge in [-0.05, 0) is 11.6 Å². The van der Waals surface area contributed by atoms with Crippen LogP contribution in [0.25, 0.3) is 0 Å². The van der Waals surface area contributed by atoms with Crippen LogP contribution in [0, 0.1) is 0 Å². The summed E-state index contributed by atoms with van der Waals surface area (Å²) in [6.45, 7) is 1.70. The summed E-state index contributed by atoms with van der Waals surface area (Å²) in [7, 11) is 1.64. The summed E-state index contributed by atoms with van der Waals surface area (Å²) in [6.07, 6.45) is 0. The maximum absolute atomic E-state index is 6.02. The fraction of sp³-hybridized carbons (Fsp3) is 0.364. The van der Waals surface area contributed by atoms with E-state index in [0.29, 0.717) is 30.7 Å². The molecule has 94 valence electrons. The number of benzene rings is 1. The number of guanidine groups is 1. The summed E-state index contributed by atoms with van der Waals surface area (Å²) in [5.41, 5.74) is 3.45. The first-order valence-electron chi connectivity index (χ1n) is 5.25. The molecule has 17 heavy (non-hydrogen) atoms. The zero-order valence-electron chi connectivity index (χ0n) is 9.74.